The van der Waals surface area contributed by atoms with Crippen LogP contribution in [0.25, 0.3) is 0 Å². The van der Waals surface area contributed by atoms with Crippen molar-refractivity contribution in [3.8, 4) is 0 Å². The van der Waals surface area contributed by atoms with Crippen molar-refractivity contribution in [1.82, 2.24) is 4.72 Å². The third kappa shape index (κ3) is 5.80. The number of amides is 2. The van der Waals surface area contributed by atoms with Gasteiger partial charge < -0.3 is 5.32 Å². The fourth-order valence-corrected chi connectivity index (χ4v) is 5.27. The van der Waals surface area contributed by atoms with Gasteiger partial charge in [0.05, 0.1) is 15.9 Å². The van der Waals surface area contributed by atoms with Gasteiger partial charge >= 0.3 is 6.03 Å². The molecule has 0 atom stereocenters. The maximum absolute atomic E-state index is 12.5. The lowest BCUT2D eigenvalue weighted by molar-refractivity contribution is 0.162. The van der Waals surface area contributed by atoms with Gasteiger partial charge in [-0.1, -0.05) is 43.0 Å². The van der Waals surface area contributed by atoms with Crippen LogP contribution in [-0.2, 0) is 24.3 Å². The largest absolute Gasteiger partial charge is 0.333 e. The van der Waals surface area contributed by atoms with Gasteiger partial charge in [-0.15, -0.1) is 0 Å². The van der Waals surface area contributed by atoms with Crippen molar-refractivity contribution in [2.24, 2.45) is 0 Å². The maximum Gasteiger partial charge on any atom is 0.333 e. The van der Waals surface area contributed by atoms with Gasteiger partial charge in [-0.25, -0.2) is 17.9 Å². The predicted octanol–water partition coefficient (Wildman–Crippen LogP) is 3.54. The zero-order valence-electron chi connectivity index (χ0n) is 16.5. The highest BCUT2D eigenvalue weighted by Crippen LogP contribution is 2.25. The molecule has 0 radical (unpaired) electrons. The lowest BCUT2D eigenvalue weighted by Crippen LogP contribution is -2.34. The smallest absolute Gasteiger partial charge is 0.307 e. The third-order valence-corrected chi connectivity index (χ3v) is 7.46. The monoisotopic (exact) mass is 452 g/mol. The predicted molar refractivity (Wildman–Crippen MR) is 112 cm³/mol. The number of anilines is 1. The topological polar surface area (TPSA) is 119 Å². The average Bonchev–Trinajstić information content (AvgIpc) is 2.68. The van der Waals surface area contributed by atoms with Crippen molar-refractivity contribution in [3.05, 3.63) is 54.1 Å². The Morgan fingerprint density at radius 2 is 1.60 bits per heavy atom. The highest BCUT2D eigenvalue weighted by Gasteiger charge is 2.24. The number of nitrogens with one attached hydrogen (secondary N) is 2. The highest BCUT2D eigenvalue weighted by molar-refractivity contribution is 7.90. The van der Waals surface area contributed by atoms with Crippen LogP contribution in [0.3, 0.4) is 0 Å². The van der Waals surface area contributed by atoms with Crippen LogP contribution in [-0.4, -0.2) is 29.0 Å². The van der Waals surface area contributed by atoms with E-state index >= 15 is 0 Å². The van der Waals surface area contributed by atoms with E-state index in [0.717, 1.165) is 24.8 Å². The van der Waals surface area contributed by atoms with Crippen LogP contribution in [0.5, 0.6) is 0 Å². The van der Waals surface area contributed by atoms with Crippen LogP contribution in [0, 0.1) is 6.92 Å². The Balaban J connectivity index is 1.68. The fraction of sp³-hybridized carbons (Fsp3) is 0.350. The van der Waals surface area contributed by atoms with Gasteiger partial charge in [-0.3, -0.25) is 4.18 Å². The molecule has 0 heterocycles. The molecule has 2 amide bonds. The molecule has 162 valence electrons. The summed E-state index contributed by atoms with van der Waals surface area (Å²) in [5, 5.41) is 2.35. The molecule has 30 heavy (non-hydrogen) atoms. The van der Waals surface area contributed by atoms with Gasteiger partial charge in [0.15, 0.2) is 0 Å². The minimum atomic E-state index is -4.06. The van der Waals surface area contributed by atoms with Gasteiger partial charge in [-0.2, -0.15) is 8.42 Å². The zero-order valence-corrected chi connectivity index (χ0v) is 18.1. The lowest BCUT2D eigenvalue weighted by Gasteiger charge is -2.21. The van der Waals surface area contributed by atoms with E-state index in [2.05, 4.69) is 5.32 Å². The summed E-state index contributed by atoms with van der Waals surface area (Å²) < 4.78 is 56.9. The summed E-state index contributed by atoms with van der Waals surface area (Å²) in [4.78, 5) is 12.0. The van der Waals surface area contributed by atoms with E-state index in [1.165, 1.54) is 36.4 Å². The Morgan fingerprint density at radius 3 is 2.27 bits per heavy atom. The van der Waals surface area contributed by atoms with E-state index in [1.807, 2.05) is 11.6 Å². The minimum Gasteiger partial charge on any atom is -0.307 e. The average molecular weight is 453 g/mol. The Kier molecular flexibility index (Phi) is 6.79. The van der Waals surface area contributed by atoms with E-state index in [-0.39, 0.29) is 21.6 Å². The van der Waals surface area contributed by atoms with Crippen molar-refractivity contribution >= 4 is 31.9 Å². The second-order valence-electron chi connectivity index (χ2n) is 7.21. The molecule has 2 aromatic rings. The summed E-state index contributed by atoms with van der Waals surface area (Å²) in [7, 11) is -8.05. The molecular weight excluding hydrogens is 428 g/mol. The number of carbonyl (C=O) groups excluding carboxylic acids is 1. The van der Waals surface area contributed by atoms with Gasteiger partial charge in [0.25, 0.3) is 20.1 Å². The van der Waals surface area contributed by atoms with E-state index in [4.69, 9.17) is 4.18 Å². The maximum atomic E-state index is 12.5. The van der Waals surface area contributed by atoms with Crippen LogP contribution in [0.1, 0.15) is 37.7 Å². The van der Waals surface area contributed by atoms with Crippen LogP contribution < -0.4 is 10.0 Å². The number of hydrogen-bond donors (Lipinski definition) is 2. The number of rotatable bonds is 6. The van der Waals surface area contributed by atoms with Crippen LogP contribution in [0.15, 0.2) is 58.3 Å². The molecule has 10 heteroatoms. The van der Waals surface area contributed by atoms with Crippen LogP contribution in [0.2, 0.25) is 0 Å². The van der Waals surface area contributed by atoms with Gasteiger partial charge in [0, 0.05) is 5.69 Å². The van der Waals surface area contributed by atoms with E-state index in [0.29, 0.717) is 12.8 Å². The molecule has 0 spiro atoms. The van der Waals surface area contributed by atoms with Crippen LogP contribution >= 0.6 is 0 Å². The zero-order chi connectivity index (χ0) is 21.8. The lowest BCUT2D eigenvalue weighted by atomic mass is 9.98. The van der Waals surface area contributed by atoms with E-state index in [9.17, 15) is 21.6 Å². The van der Waals surface area contributed by atoms with Crippen molar-refractivity contribution in [1.29, 1.82) is 0 Å². The molecule has 0 aliphatic heterocycles. The minimum absolute atomic E-state index is 0.0551. The molecule has 8 nitrogen and oxygen atoms in total. The molecule has 1 aliphatic rings. The molecule has 0 saturated heterocycles. The van der Waals surface area contributed by atoms with Crippen molar-refractivity contribution in [3.63, 3.8) is 0 Å². The summed E-state index contributed by atoms with van der Waals surface area (Å²) in [6.45, 7) is 1.82. The molecule has 3 rings (SSSR count). The Hall–Kier alpha value is -2.43. The summed E-state index contributed by atoms with van der Waals surface area (Å²) in [6, 6.07) is 10.5. The Morgan fingerprint density at radius 1 is 0.933 bits per heavy atom. The van der Waals surface area contributed by atoms with Crippen LogP contribution in [0.4, 0.5) is 10.5 Å². The first-order chi connectivity index (χ1) is 14.2. The Bertz CT molecular complexity index is 1110. The molecule has 2 aromatic carbocycles. The fourth-order valence-electron chi connectivity index (χ4n) is 3.18. The van der Waals surface area contributed by atoms with Gasteiger partial charge in [0.1, 0.15) is 0 Å². The second-order valence-corrected chi connectivity index (χ2v) is 10.5. The second kappa shape index (κ2) is 9.15. The van der Waals surface area contributed by atoms with Gasteiger partial charge in [-0.05, 0) is 50.1 Å². The summed E-state index contributed by atoms with van der Waals surface area (Å²) >= 11 is 0. The van der Waals surface area contributed by atoms with E-state index < -0.39 is 26.2 Å². The molecule has 0 unspecified atom stereocenters. The molecule has 1 fully saturated rings. The standard InChI is InChI=1S/C20H24N2O6S2/c1-15-10-12-18(13-11-15)29(24,25)22-20(23)21-16-6-5-9-19(14-16)30(26,27)28-17-7-3-2-4-8-17/h5-6,9-14,17H,2-4,7-8H2,1H3,(H2,21,22,23). The molecule has 1 saturated carbocycles. The highest BCUT2D eigenvalue weighted by atomic mass is 32.2. The number of urea groups is 1. The molecule has 0 aromatic heterocycles. The molecule has 1 aliphatic carbocycles. The quantitative estimate of drug-likeness (QED) is 0.647. The van der Waals surface area contributed by atoms with Crippen molar-refractivity contribution in [2.45, 2.75) is 54.9 Å². The first-order valence-corrected chi connectivity index (χ1v) is 12.5. The number of benzene rings is 2. The normalized spacial score (nSPS) is 15.5. The van der Waals surface area contributed by atoms with Gasteiger partial charge in [0.2, 0.25) is 0 Å². The van der Waals surface area contributed by atoms with E-state index in [1.54, 1.807) is 12.1 Å². The van der Waals surface area contributed by atoms with Crippen molar-refractivity contribution in [2.75, 3.05) is 5.32 Å². The first-order valence-electron chi connectivity index (χ1n) is 9.59. The first kappa shape index (κ1) is 22.3. The molecule has 0 bridgehead atoms. The third-order valence-electron chi connectivity index (χ3n) is 4.75. The number of aryl methyl sites for hydroxylation is 1. The number of sulfonamides is 1. The number of hydrogen-bond acceptors (Lipinski definition) is 6. The SMILES string of the molecule is Cc1ccc(S(=O)(=O)NC(=O)Nc2cccc(S(=O)(=O)OC3CCCCC3)c2)cc1. The summed E-state index contributed by atoms with van der Waals surface area (Å²) in [5.41, 5.74) is 1.01. The summed E-state index contributed by atoms with van der Waals surface area (Å²) in [5.74, 6) is 0. The summed E-state index contributed by atoms with van der Waals surface area (Å²) in [6.07, 6.45) is 3.96. The molecular formula is C20H24N2O6S2. The number of carbonyl (C=O) groups is 1. The Labute approximate surface area is 176 Å². The van der Waals surface area contributed by atoms with Crippen molar-refractivity contribution < 1.29 is 25.8 Å². The molecule has 2 N–H and O–H groups in total.